The summed E-state index contributed by atoms with van der Waals surface area (Å²) >= 11 is 0. The van der Waals surface area contributed by atoms with Gasteiger partial charge in [-0.25, -0.2) is 9.69 Å². The SMILES string of the molecule is CCOc1cc(/C=C2\C(=O)NC(=O)N(c3ccc(OCc4ccccc4)cc3)C2=O)ccc1OCC(=O)Nc1ccc(C)cc1. The van der Waals surface area contributed by atoms with Gasteiger partial charge < -0.3 is 19.5 Å². The lowest BCUT2D eigenvalue weighted by molar-refractivity contribution is -0.122. The van der Waals surface area contributed by atoms with E-state index in [-0.39, 0.29) is 23.8 Å². The summed E-state index contributed by atoms with van der Waals surface area (Å²) in [6, 6.07) is 27.4. The molecule has 1 aliphatic heterocycles. The summed E-state index contributed by atoms with van der Waals surface area (Å²) in [5.41, 5.74) is 3.20. The highest BCUT2D eigenvalue weighted by Gasteiger charge is 2.36. The van der Waals surface area contributed by atoms with Crippen LogP contribution >= 0.6 is 0 Å². The van der Waals surface area contributed by atoms with E-state index in [0.29, 0.717) is 41.7 Å². The van der Waals surface area contributed by atoms with Crippen molar-refractivity contribution in [2.24, 2.45) is 0 Å². The van der Waals surface area contributed by atoms with Crippen LogP contribution in [0.4, 0.5) is 16.2 Å². The van der Waals surface area contributed by atoms with Gasteiger partial charge >= 0.3 is 6.03 Å². The van der Waals surface area contributed by atoms with Crippen molar-refractivity contribution in [1.82, 2.24) is 5.32 Å². The molecule has 1 fully saturated rings. The second-order valence-electron chi connectivity index (χ2n) is 10.1. The molecule has 228 valence electrons. The number of urea groups is 1. The molecule has 0 bridgehead atoms. The van der Waals surface area contributed by atoms with Gasteiger partial charge in [-0.3, -0.25) is 19.7 Å². The lowest BCUT2D eigenvalue weighted by atomic mass is 10.1. The third kappa shape index (κ3) is 7.74. The molecule has 5 amide bonds. The molecule has 45 heavy (non-hydrogen) atoms. The minimum Gasteiger partial charge on any atom is -0.490 e. The van der Waals surface area contributed by atoms with Crippen molar-refractivity contribution in [2.75, 3.05) is 23.4 Å². The Hall–Kier alpha value is -5.90. The van der Waals surface area contributed by atoms with E-state index in [1.807, 2.05) is 49.4 Å². The second kappa shape index (κ2) is 14.0. The molecule has 0 radical (unpaired) electrons. The number of barbiturate groups is 1. The third-order valence-corrected chi connectivity index (χ3v) is 6.72. The van der Waals surface area contributed by atoms with Crippen molar-refractivity contribution >= 4 is 41.2 Å². The van der Waals surface area contributed by atoms with Gasteiger partial charge in [0.05, 0.1) is 12.3 Å². The normalized spacial score (nSPS) is 13.8. The Morgan fingerprint density at radius 1 is 0.844 bits per heavy atom. The summed E-state index contributed by atoms with van der Waals surface area (Å²) in [6.45, 7) is 4.15. The number of benzene rings is 4. The van der Waals surface area contributed by atoms with Crippen LogP contribution in [0.15, 0.2) is 103 Å². The number of hydrogen-bond donors (Lipinski definition) is 2. The number of nitrogens with zero attached hydrogens (tertiary/aromatic N) is 1. The first-order chi connectivity index (χ1) is 21.8. The van der Waals surface area contributed by atoms with Gasteiger partial charge in [0, 0.05) is 5.69 Å². The number of nitrogens with one attached hydrogen (secondary N) is 2. The van der Waals surface area contributed by atoms with Gasteiger partial charge in [-0.1, -0.05) is 54.1 Å². The fourth-order valence-electron chi connectivity index (χ4n) is 4.47. The first-order valence-corrected chi connectivity index (χ1v) is 14.2. The molecular formula is C35H31N3O7. The van der Waals surface area contributed by atoms with E-state index in [1.54, 1.807) is 61.5 Å². The van der Waals surface area contributed by atoms with E-state index in [2.05, 4.69) is 10.6 Å². The monoisotopic (exact) mass is 605 g/mol. The third-order valence-electron chi connectivity index (χ3n) is 6.72. The minimum atomic E-state index is -0.859. The number of rotatable bonds is 11. The number of hydrogen-bond acceptors (Lipinski definition) is 7. The predicted octanol–water partition coefficient (Wildman–Crippen LogP) is 5.66. The number of carbonyl (C=O) groups excluding carboxylic acids is 4. The fraction of sp³-hybridized carbons (Fsp3) is 0.143. The largest absolute Gasteiger partial charge is 0.490 e. The Kier molecular flexibility index (Phi) is 9.54. The zero-order valence-electron chi connectivity index (χ0n) is 24.7. The highest BCUT2D eigenvalue weighted by molar-refractivity contribution is 6.39. The Bertz CT molecular complexity index is 1730. The zero-order valence-corrected chi connectivity index (χ0v) is 24.7. The van der Waals surface area contributed by atoms with Crippen LogP contribution in [0.3, 0.4) is 0 Å². The van der Waals surface area contributed by atoms with Crippen LogP contribution in [-0.2, 0) is 21.0 Å². The summed E-state index contributed by atoms with van der Waals surface area (Å²) in [4.78, 5) is 52.1. The summed E-state index contributed by atoms with van der Waals surface area (Å²) < 4.78 is 17.2. The molecule has 10 heteroatoms. The molecular weight excluding hydrogens is 574 g/mol. The van der Waals surface area contributed by atoms with Crippen LogP contribution in [0, 0.1) is 6.92 Å². The molecule has 4 aromatic rings. The Morgan fingerprint density at radius 3 is 2.29 bits per heavy atom. The zero-order chi connectivity index (χ0) is 31.8. The molecule has 0 saturated carbocycles. The highest BCUT2D eigenvalue weighted by atomic mass is 16.5. The van der Waals surface area contributed by atoms with Gasteiger partial charge in [0.2, 0.25) is 0 Å². The van der Waals surface area contributed by atoms with E-state index >= 15 is 0 Å². The number of anilines is 2. The van der Waals surface area contributed by atoms with Gasteiger partial charge in [0.25, 0.3) is 17.7 Å². The smallest absolute Gasteiger partial charge is 0.335 e. The first-order valence-electron chi connectivity index (χ1n) is 14.2. The summed E-state index contributed by atoms with van der Waals surface area (Å²) in [7, 11) is 0. The molecule has 5 rings (SSSR count). The summed E-state index contributed by atoms with van der Waals surface area (Å²) in [6.07, 6.45) is 1.37. The average Bonchev–Trinajstić information content (AvgIpc) is 3.04. The lowest BCUT2D eigenvalue weighted by Gasteiger charge is -2.26. The molecule has 0 spiro atoms. The first kappa shape index (κ1) is 30.6. The second-order valence-corrected chi connectivity index (χ2v) is 10.1. The van der Waals surface area contributed by atoms with Gasteiger partial charge in [-0.2, -0.15) is 0 Å². The van der Waals surface area contributed by atoms with E-state index in [1.165, 1.54) is 6.08 Å². The predicted molar refractivity (Wildman–Crippen MR) is 169 cm³/mol. The van der Waals surface area contributed by atoms with E-state index in [9.17, 15) is 19.2 Å². The van der Waals surface area contributed by atoms with Gasteiger partial charge in [-0.05, 0) is 79.6 Å². The molecule has 4 aromatic carbocycles. The Balaban J connectivity index is 1.28. The molecule has 1 saturated heterocycles. The standard InChI is InChI=1S/C35H31N3O7/c1-3-43-31-20-25(11-18-30(31)45-22-32(39)36-26-12-9-23(2)10-13-26)19-29-33(40)37-35(42)38(34(29)41)27-14-16-28(17-15-27)44-21-24-7-5-4-6-8-24/h4-20H,3,21-22H2,1-2H3,(H,36,39)(H,37,40,42)/b29-19+. The molecule has 0 unspecified atom stereocenters. The van der Waals surface area contributed by atoms with Crippen LogP contribution in [0.1, 0.15) is 23.6 Å². The topological polar surface area (TPSA) is 123 Å². The van der Waals surface area contributed by atoms with Crippen LogP contribution in [0.25, 0.3) is 6.08 Å². The van der Waals surface area contributed by atoms with Gasteiger partial charge in [0.15, 0.2) is 18.1 Å². The maximum Gasteiger partial charge on any atom is 0.335 e. The van der Waals surface area contributed by atoms with Crippen molar-refractivity contribution in [3.63, 3.8) is 0 Å². The van der Waals surface area contributed by atoms with E-state index in [0.717, 1.165) is 16.0 Å². The van der Waals surface area contributed by atoms with Crippen LogP contribution in [0.5, 0.6) is 17.2 Å². The fourth-order valence-corrected chi connectivity index (χ4v) is 4.47. The molecule has 0 atom stereocenters. The van der Waals surface area contributed by atoms with Crippen molar-refractivity contribution in [3.05, 3.63) is 119 Å². The van der Waals surface area contributed by atoms with Gasteiger partial charge in [0.1, 0.15) is 17.9 Å². The Labute approximate surface area is 260 Å². The van der Waals surface area contributed by atoms with Crippen LogP contribution < -0.4 is 29.7 Å². The van der Waals surface area contributed by atoms with E-state index in [4.69, 9.17) is 14.2 Å². The number of carbonyl (C=O) groups is 4. The maximum absolute atomic E-state index is 13.4. The van der Waals surface area contributed by atoms with Gasteiger partial charge in [-0.15, -0.1) is 0 Å². The molecule has 0 aliphatic carbocycles. The number of ether oxygens (including phenoxy) is 3. The van der Waals surface area contributed by atoms with Crippen molar-refractivity contribution in [1.29, 1.82) is 0 Å². The highest BCUT2D eigenvalue weighted by Crippen LogP contribution is 2.31. The van der Waals surface area contributed by atoms with Crippen molar-refractivity contribution in [3.8, 4) is 17.2 Å². The van der Waals surface area contributed by atoms with Crippen molar-refractivity contribution < 1.29 is 33.4 Å². The lowest BCUT2D eigenvalue weighted by Crippen LogP contribution is -2.54. The summed E-state index contributed by atoms with van der Waals surface area (Å²) in [5.74, 6) is -0.778. The minimum absolute atomic E-state index is 0.243. The molecule has 1 heterocycles. The van der Waals surface area contributed by atoms with Crippen LogP contribution in [0.2, 0.25) is 0 Å². The average molecular weight is 606 g/mol. The Morgan fingerprint density at radius 2 is 1.58 bits per heavy atom. The quantitative estimate of drug-likeness (QED) is 0.167. The van der Waals surface area contributed by atoms with E-state index < -0.39 is 17.8 Å². The maximum atomic E-state index is 13.4. The van der Waals surface area contributed by atoms with Crippen LogP contribution in [-0.4, -0.2) is 37.0 Å². The molecule has 2 N–H and O–H groups in total. The van der Waals surface area contributed by atoms with Crippen molar-refractivity contribution in [2.45, 2.75) is 20.5 Å². The molecule has 10 nitrogen and oxygen atoms in total. The molecule has 0 aromatic heterocycles. The number of imide groups is 2. The number of aryl methyl sites for hydroxylation is 1. The number of amides is 5. The summed E-state index contributed by atoms with van der Waals surface area (Å²) in [5, 5.41) is 4.99. The molecule has 1 aliphatic rings.